The summed E-state index contributed by atoms with van der Waals surface area (Å²) in [7, 11) is 3.58. The Morgan fingerprint density at radius 2 is 2.12 bits per heavy atom. The van der Waals surface area contributed by atoms with Crippen LogP contribution in [-0.4, -0.2) is 47.5 Å². The number of hydrogen-bond donors (Lipinski definition) is 2. The molecule has 1 fully saturated rings. The zero-order valence-electron chi connectivity index (χ0n) is 17.7. The first-order chi connectivity index (χ1) is 15.4. The Morgan fingerprint density at radius 3 is 2.84 bits per heavy atom. The number of rotatable bonds is 8. The van der Waals surface area contributed by atoms with E-state index < -0.39 is 5.82 Å². The molecule has 1 aromatic heterocycles. The fourth-order valence-corrected chi connectivity index (χ4v) is 3.51. The fourth-order valence-electron chi connectivity index (χ4n) is 3.33. The number of anilines is 3. The van der Waals surface area contributed by atoms with Crippen molar-refractivity contribution in [3.05, 3.63) is 59.7 Å². The van der Waals surface area contributed by atoms with Crippen molar-refractivity contribution < 1.29 is 13.9 Å². The number of fused-ring (bicyclic) bond motifs is 1. The van der Waals surface area contributed by atoms with Gasteiger partial charge in [-0.3, -0.25) is 9.69 Å². The normalized spacial score (nSPS) is 13.7. The van der Waals surface area contributed by atoms with E-state index in [1.165, 1.54) is 44.5 Å². The van der Waals surface area contributed by atoms with Gasteiger partial charge in [-0.15, -0.1) is 0 Å². The van der Waals surface area contributed by atoms with Gasteiger partial charge in [0.25, 0.3) is 0 Å². The molecule has 0 aliphatic heterocycles. The van der Waals surface area contributed by atoms with Crippen molar-refractivity contribution >= 4 is 45.6 Å². The molecule has 9 heteroatoms. The average molecular weight is 456 g/mol. The van der Waals surface area contributed by atoms with Crippen molar-refractivity contribution in [3.8, 4) is 5.75 Å². The third-order valence-electron chi connectivity index (χ3n) is 5.23. The van der Waals surface area contributed by atoms with Crippen LogP contribution in [0.5, 0.6) is 5.75 Å². The van der Waals surface area contributed by atoms with Gasteiger partial charge in [0.05, 0.1) is 23.3 Å². The van der Waals surface area contributed by atoms with E-state index in [-0.39, 0.29) is 10.9 Å². The van der Waals surface area contributed by atoms with Crippen LogP contribution >= 0.6 is 11.6 Å². The summed E-state index contributed by atoms with van der Waals surface area (Å²) in [4.78, 5) is 23.3. The lowest BCUT2D eigenvalue weighted by molar-refractivity contribution is -0.111. The molecule has 0 saturated heterocycles. The number of halogens is 2. The van der Waals surface area contributed by atoms with E-state index in [0.29, 0.717) is 39.9 Å². The topological polar surface area (TPSA) is 79.4 Å². The maximum absolute atomic E-state index is 13.5. The molecule has 0 atom stereocenters. The van der Waals surface area contributed by atoms with Crippen LogP contribution in [0.2, 0.25) is 5.02 Å². The summed E-state index contributed by atoms with van der Waals surface area (Å²) in [5.74, 6) is 0.195. The Morgan fingerprint density at radius 1 is 1.31 bits per heavy atom. The van der Waals surface area contributed by atoms with Crippen molar-refractivity contribution in [2.45, 2.75) is 18.9 Å². The Kier molecular flexibility index (Phi) is 6.53. The van der Waals surface area contributed by atoms with Crippen molar-refractivity contribution in [1.82, 2.24) is 14.9 Å². The maximum Gasteiger partial charge on any atom is 0.248 e. The number of nitrogens with one attached hydrogen (secondary N) is 2. The summed E-state index contributed by atoms with van der Waals surface area (Å²) < 4.78 is 18.9. The molecule has 166 valence electrons. The van der Waals surface area contributed by atoms with Crippen LogP contribution in [0.4, 0.5) is 21.6 Å². The predicted octanol–water partition coefficient (Wildman–Crippen LogP) is 4.76. The molecule has 1 aliphatic rings. The highest BCUT2D eigenvalue weighted by Crippen LogP contribution is 2.33. The van der Waals surface area contributed by atoms with Crippen LogP contribution < -0.4 is 15.4 Å². The van der Waals surface area contributed by atoms with Crippen LogP contribution in [0.1, 0.15) is 12.8 Å². The van der Waals surface area contributed by atoms with E-state index >= 15 is 0 Å². The number of carbonyl (C=O) groups is 1. The minimum absolute atomic E-state index is 0.00195. The molecule has 32 heavy (non-hydrogen) atoms. The van der Waals surface area contributed by atoms with Crippen molar-refractivity contribution in [2.75, 3.05) is 31.3 Å². The van der Waals surface area contributed by atoms with Crippen LogP contribution in [0.15, 0.2) is 48.8 Å². The number of nitrogens with zero attached hydrogens (tertiary/aromatic N) is 3. The van der Waals surface area contributed by atoms with Crippen molar-refractivity contribution in [1.29, 1.82) is 0 Å². The summed E-state index contributed by atoms with van der Waals surface area (Å²) in [6, 6.07) is 8.40. The van der Waals surface area contributed by atoms with Gasteiger partial charge < -0.3 is 15.4 Å². The summed E-state index contributed by atoms with van der Waals surface area (Å²) in [6.45, 7) is 0.717. The lowest BCUT2D eigenvalue weighted by Crippen LogP contribution is -2.20. The molecule has 4 rings (SSSR count). The van der Waals surface area contributed by atoms with E-state index in [2.05, 4.69) is 32.5 Å². The monoisotopic (exact) mass is 455 g/mol. The first kappa shape index (κ1) is 22.0. The molecule has 1 amide bonds. The smallest absolute Gasteiger partial charge is 0.248 e. The Labute approximate surface area is 190 Å². The van der Waals surface area contributed by atoms with Gasteiger partial charge in [0.15, 0.2) is 0 Å². The van der Waals surface area contributed by atoms with E-state index in [1.807, 2.05) is 6.08 Å². The minimum atomic E-state index is -0.504. The van der Waals surface area contributed by atoms with Crippen molar-refractivity contribution in [3.63, 3.8) is 0 Å². The van der Waals surface area contributed by atoms with Crippen LogP contribution in [0, 0.1) is 5.82 Å². The second-order valence-corrected chi connectivity index (χ2v) is 8.02. The van der Waals surface area contributed by atoms with Gasteiger partial charge in [-0.25, -0.2) is 14.4 Å². The van der Waals surface area contributed by atoms with E-state index in [4.69, 9.17) is 16.3 Å². The number of carbonyl (C=O) groups excluding carboxylic acids is 1. The molecule has 2 aromatic carbocycles. The molecule has 0 bridgehead atoms. The Bertz CT molecular complexity index is 1180. The second kappa shape index (κ2) is 9.50. The van der Waals surface area contributed by atoms with Crippen LogP contribution in [0.3, 0.4) is 0 Å². The number of methoxy groups -OCH3 is 1. The van der Waals surface area contributed by atoms with Gasteiger partial charge in [0.2, 0.25) is 5.91 Å². The van der Waals surface area contributed by atoms with Gasteiger partial charge in [0, 0.05) is 35.8 Å². The lowest BCUT2D eigenvalue weighted by Gasteiger charge is -2.14. The van der Waals surface area contributed by atoms with E-state index in [0.717, 1.165) is 6.54 Å². The lowest BCUT2D eigenvalue weighted by atomic mass is 10.1. The number of amides is 1. The molecule has 1 aliphatic carbocycles. The highest BCUT2D eigenvalue weighted by molar-refractivity contribution is 6.31. The summed E-state index contributed by atoms with van der Waals surface area (Å²) in [5.41, 5.74) is 1.67. The number of likely N-dealkylation sites (N-methyl/N-ethyl adjacent to an activating group) is 1. The predicted molar refractivity (Wildman–Crippen MR) is 124 cm³/mol. The third kappa shape index (κ3) is 5.15. The zero-order chi connectivity index (χ0) is 22.7. The number of ether oxygens (including phenoxy) is 1. The molecule has 0 spiro atoms. The third-order valence-corrected chi connectivity index (χ3v) is 5.52. The summed E-state index contributed by atoms with van der Waals surface area (Å²) in [5, 5.41) is 6.63. The summed E-state index contributed by atoms with van der Waals surface area (Å²) >= 11 is 5.88. The van der Waals surface area contributed by atoms with Crippen LogP contribution in [-0.2, 0) is 4.79 Å². The fraction of sp³-hybridized carbons (Fsp3) is 0.261. The van der Waals surface area contributed by atoms with Crippen LogP contribution in [0.25, 0.3) is 10.9 Å². The largest absolute Gasteiger partial charge is 0.494 e. The first-order valence-corrected chi connectivity index (χ1v) is 10.5. The molecule has 0 radical (unpaired) electrons. The SMILES string of the molecule is COc1cc2ncnc(Nc3ccc(F)c(Cl)c3)c2cc1NC(=O)C=CCN(C)C1CC1. The number of hydrogen-bond acceptors (Lipinski definition) is 6. The Hall–Kier alpha value is -3.23. The molecular weight excluding hydrogens is 433 g/mol. The van der Waals surface area contributed by atoms with Crippen molar-refractivity contribution in [2.24, 2.45) is 0 Å². The maximum atomic E-state index is 13.5. The molecule has 7 nitrogen and oxygen atoms in total. The Balaban J connectivity index is 1.57. The average Bonchev–Trinajstić information content (AvgIpc) is 3.62. The zero-order valence-corrected chi connectivity index (χ0v) is 18.5. The van der Waals surface area contributed by atoms with Gasteiger partial charge in [-0.2, -0.15) is 0 Å². The summed E-state index contributed by atoms with van der Waals surface area (Å²) in [6.07, 6.45) is 7.20. The highest BCUT2D eigenvalue weighted by atomic mass is 35.5. The van der Waals surface area contributed by atoms with E-state index in [1.54, 1.807) is 18.2 Å². The molecule has 3 aromatic rings. The van der Waals surface area contributed by atoms with Gasteiger partial charge >= 0.3 is 0 Å². The second-order valence-electron chi connectivity index (χ2n) is 7.61. The molecule has 0 unspecified atom stereocenters. The standard InChI is InChI=1S/C23H23ClFN5O2/c1-30(15-6-7-15)9-3-4-22(31)29-20-11-16-19(12-21(20)32-2)26-13-27-23(16)28-14-5-8-18(25)17(24)10-14/h3-5,8,10-13,15H,6-7,9H2,1-2H3,(H,29,31)(H,26,27,28). The van der Waals surface area contributed by atoms with Gasteiger partial charge in [0.1, 0.15) is 23.7 Å². The van der Waals surface area contributed by atoms with Gasteiger partial charge in [-0.05, 0) is 44.2 Å². The first-order valence-electron chi connectivity index (χ1n) is 10.2. The quantitative estimate of drug-likeness (QED) is 0.476. The number of aromatic nitrogens is 2. The highest BCUT2D eigenvalue weighted by Gasteiger charge is 2.24. The molecular formula is C23H23ClFN5O2. The number of benzene rings is 2. The molecule has 1 heterocycles. The van der Waals surface area contributed by atoms with Gasteiger partial charge in [-0.1, -0.05) is 17.7 Å². The molecule has 1 saturated carbocycles. The minimum Gasteiger partial charge on any atom is -0.494 e. The molecule has 2 N–H and O–H groups in total. The van der Waals surface area contributed by atoms with E-state index in [9.17, 15) is 9.18 Å².